The summed E-state index contributed by atoms with van der Waals surface area (Å²) in [7, 11) is 0. The molecular weight excluding hydrogens is 168 g/mol. The average molecular weight is 182 g/mol. The zero-order valence-corrected chi connectivity index (χ0v) is 7.58. The Balaban J connectivity index is 2.10. The highest BCUT2D eigenvalue weighted by Crippen LogP contribution is 2.28. The summed E-state index contributed by atoms with van der Waals surface area (Å²) < 4.78 is 4.50. The Morgan fingerprint density at radius 2 is 1.92 bits per heavy atom. The van der Waals surface area contributed by atoms with Crippen LogP contribution < -0.4 is 5.76 Å². The Morgan fingerprint density at radius 3 is 2.46 bits per heavy atom. The van der Waals surface area contributed by atoms with E-state index in [1.54, 1.807) is 0 Å². The van der Waals surface area contributed by atoms with Gasteiger partial charge in [-0.05, 0) is 12.8 Å². The molecule has 1 aromatic heterocycles. The van der Waals surface area contributed by atoms with Gasteiger partial charge in [0.1, 0.15) is 0 Å². The number of nitrogens with zero attached hydrogens (tertiary/aromatic N) is 1. The lowest BCUT2D eigenvalue weighted by atomic mass is 10.00. The first-order chi connectivity index (χ1) is 6.36. The largest absolute Gasteiger partial charge is 0.438 e. The molecule has 0 bridgehead atoms. The lowest BCUT2D eigenvalue weighted by molar-refractivity contribution is 0.374. The third kappa shape index (κ3) is 1.99. The molecule has 1 fully saturated rings. The van der Waals surface area contributed by atoms with E-state index < -0.39 is 5.76 Å². The summed E-state index contributed by atoms with van der Waals surface area (Å²) in [5, 5.41) is 3.74. The molecule has 1 heterocycles. The van der Waals surface area contributed by atoms with Gasteiger partial charge in [0.05, 0.1) is 0 Å². The van der Waals surface area contributed by atoms with E-state index in [1.807, 2.05) is 0 Å². The van der Waals surface area contributed by atoms with Gasteiger partial charge in [-0.15, -0.1) is 0 Å². The van der Waals surface area contributed by atoms with Crippen molar-refractivity contribution in [3.05, 3.63) is 16.4 Å². The Labute approximate surface area is 76.3 Å². The molecule has 1 saturated carbocycles. The molecule has 1 N–H and O–H groups in total. The predicted molar refractivity (Wildman–Crippen MR) is 47.6 cm³/mol. The summed E-state index contributed by atoms with van der Waals surface area (Å²) in [6.07, 6.45) is 7.33. The third-order valence-corrected chi connectivity index (χ3v) is 2.70. The molecule has 0 saturated heterocycles. The number of rotatable bonds is 1. The molecule has 2 rings (SSSR count). The van der Waals surface area contributed by atoms with Crippen LogP contribution in [0.2, 0.25) is 0 Å². The fourth-order valence-electron chi connectivity index (χ4n) is 1.97. The Hall–Kier alpha value is -1.06. The Bertz CT molecular complexity index is 307. The maximum Gasteiger partial charge on any atom is 0.438 e. The molecule has 1 aliphatic carbocycles. The smallest absolute Gasteiger partial charge is 0.296 e. The van der Waals surface area contributed by atoms with Gasteiger partial charge in [0.15, 0.2) is 5.82 Å². The standard InChI is InChI=1S/C9H14N2O2/c12-9-10-8(11-13-9)7-5-3-1-2-4-6-7/h7H,1-6H2,(H,10,11,12). The van der Waals surface area contributed by atoms with Gasteiger partial charge in [0, 0.05) is 5.92 Å². The molecule has 0 aromatic carbocycles. The van der Waals surface area contributed by atoms with Crippen LogP contribution in [-0.2, 0) is 0 Å². The highest BCUT2D eigenvalue weighted by molar-refractivity contribution is 4.92. The molecule has 0 aliphatic heterocycles. The van der Waals surface area contributed by atoms with Crippen LogP contribution in [0.25, 0.3) is 0 Å². The van der Waals surface area contributed by atoms with Gasteiger partial charge in [0.2, 0.25) is 0 Å². The van der Waals surface area contributed by atoms with Gasteiger partial charge in [0.25, 0.3) is 0 Å². The second-order valence-corrected chi connectivity index (χ2v) is 3.67. The van der Waals surface area contributed by atoms with Crippen molar-refractivity contribution < 1.29 is 4.52 Å². The van der Waals surface area contributed by atoms with Gasteiger partial charge >= 0.3 is 5.76 Å². The Morgan fingerprint density at radius 1 is 1.23 bits per heavy atom. The Kier molecular flexibility index (Phi) is 2.47. The minimum Gasteiger partial charge on any atom is -0.296 e. The molecule has 0 atom stereocenters. The predicted octanol–water partition coefficient (Wildman–Crippen LogP) is 1.80. The molecule has 0 spiro atoms. The van der Waals surface area contributed by atoms with E-state index in [9.17, 15) is 4.79 Å². The summed E-state index contributed by atoms with van der Waals surface area (Å²) in [6.45, 7) is 0. The molecule has 72 valence electrons. The van der Waals surface area contributed by atoms with E-state index in [2.05, 4.69) is 14.7 Å². The van der Waals surface area contributed by atoms with Crippen molar-refractivity contribution in [2.45, 2.75) is 44.4 Å². The summed E-state index contributed by atoms with van der Waals surface area (Å²) >= 11 is 0. The molecular formula is C9H14N2O2. The monoisotopic (exact) mass is 182 g/mol. The summed E-state index contributed by atoms with van der Waals surface area (Å²) in [5.74, 6) is 0.722. The number of aromatic nitrogens is 2. The molecule has 4 heteroatoms. The zero-order chi connectivity index (χ0) is 9.10. The van der Waals surface area contributed by atoms with Gasteiger partial charge in [-0.1, -0.05) is 30.8 Å². The fourth-order valence-corrected chi connectivity index (χ4v) is 1.97. The van der Waals surface area contributed by atoms with E-state index >= 15 is 0 Å². The summed E-state index contributed by atoms with van der Waals surface area (Å²) in [5.41, 5.74) is 0. The highest BCUT2D eigenvalue weighted by Gasteiger charge is 2.17. The van der Waals surface area contributed by atoms with Crippen LogP contribution in [0.4, 0.5) is 0 Å². The first-order valence-corrected chi connectivity index (χ1v) is 4.92. The van der Waals surface area contributed by atoms with Crippen LogP contribution in [-0.4, -0.2) is 10.1 Å². The normalized spacial score (nSPS) is 20.0. The van der Waals surface area contributed by atoms with Crippen molar-refractivity contribution >= 4 is 0 Å². The quantitative estimate of drug-likeness (QED) is 0.674. The topological polar surface area (TPSA) is 58.9 Å². The molecule has 1 aromatic rings. The minimum absolute atomic E-state index is 0.411. The number of hydrogen-bond donors (Lipinski definition) is 1. The zero-order valence-electron chi connectivity index (χ0n) is 7.58. The fraction of sp³-hybridized carbons (Fsp3) is 0.778. The van der Waals surface area contributed by atoms with Gasteiger partial charge in [-0.2, -0.15) is 0 Å². The lowest BCUT2D eigenvalue weighted by Crippen LogP contribution is -2.03. The molecule has 0 unspecified atom stereocenters. The SMILES string of the molecule is O=c1[nH]c(C2CCCCCC2)no1. The van der Waals surface area contributed by atoms with Gasteiger partial charge in [-0.25, -0.2) is 4.79 Å². The molecule has 0 amide bonds. The van der Waals surface area contributed by atoms with Crippen LogP contribution in [0.3, 0.4) is 0 Å². The highest BCUT2D eigenvalue weighted by atomic mass is 16.5. The number of hydrogen-bond acceptors (Lipinski definition) is 3. The maximum atomic E-state index is 10.7. The molecule has 13 heavy (non-hydrogen) atoms. The van der Waals surface area contributed by atoms with E-state index in [0.717, 1.165) is 18.7 Å². The third-order valence-electron chi connectivity index (χ3n) is 2.70. The van der Waals surface area contributed by atoms with Crippen molar-refractivity contribution in [3.63, 3.8) is 0 Å². The average Bonchev–Trinajstić information content (AvgIpc) is 2.43. The van der Waals surface area contributed by atoms with Crippen LogP contribution in [0, 0.1) is 0 Å². The van der Waals surface area contributed by atoms with Crippen LogP contribution in [0.1, 0.15) is 50.3 Å². The summed E-state index contributed by atoms with van der Waals surface area (Å²) in [4.78, 5) is 13.4. The summed E-state index contributed by atoms with van der Waals surface area (Å²) in [6, 6.07) is 0. The van der Waals surface area contributed by atoms with Crippen molar-refractivity contribution in [2.24, 2.45) is 0 Å². The number of nitrogens with one attached hydrogen (secondary N) is 1. The number of H-pyrrole nitrogens is 1. The number of aromatic amines is 1. The van der Waals surface area contributed by atoms with Crippen molar-refractivity contribution in [2.75, 3.05) is 0 Å². The second-order valence-electron chi connectivity index (χ2n) is 3.67. The minimum atomic E-state index is -0.431. The van der Waals surface area contributed by atoms with Crippen molar-refractivity contribution in [1.82, 2.24) is 10.1 Å². The van der Waals surface area contributed by atoms with Crippen LogP contribution in [0.15, 0.2) is 9.32 Å². The van der Waals surface area contributed by atoms with E-state index in [1.165, 1.54) is 25.7 Å². The van der Waals surface area contributed by atoms with Crippen molar-refractivity contribution in [1.29, 1.82) is 0 Å². The van der Waals surface area contributed by atoms with Crippen LogP contribution >= 0.6 is 0 Å². The van der Waals surface area contributed by atoms with Crippen molar-refractivity contribution in [3.8, 4) is 0 Å². The molecule has 4 nitrogen and oxygen atoms in total. The van der Waals surface area contributed by atoms with Gasteiger partial charge in [-0.3, -0.25) is 9.51 Å². The van der Waals surface area contributed by atoms with E-state index in [4.69, 9.17) is 0 Å². The van der Waals surface area contributed by atoms with Gasteiger partial charge < -0.3 is 0 Å². The lowest BCUT2D eigenvalue weighted by Gasteiger charge is -2.07. The van der Waals surface area contributed by atoms with Crippen LogP contribution in [0.5, 0.6) is 0 Å². The van der Waals surface area contributed by atoms with E-state index in [0.29, 0.717) is 5.92 Å². The van der Waals surface area contributed by atoms with E-state index in [-0.39, 0.29) is 0 Å². The first-order valence-electron chi connectivity index (χ1n) is 4.92. The maximum absolute atomic E-state index is 10.7. The first kappa shape index (κ1) is 8.53. The molecule has 0 radical (unpaired) electrons. The molecule has 1 aliphatic rings. The second kappa shape index (κ2) is 3.77.